The first-order valence-corrected chi connectivity index (χ1v) is 9.15. The molecular weight excluding hydrogens is 386 g/mol. The van der Waals surface area contributed by atoms with Crippen LogP contribution in [0.2, 0.25) is 0 Å². The quantitative estimate of drug-likeness (QED) is 0.457. The fourth-order valence-corrected chi connectivity index (χ4v) is 2.83. The maximum Gasteiger partial charge on any atom is 0.203 e. The molecular formula is C23H27NO6. The van der Waals surface area contributed by atoms with Crippen molar-refractivity contribution in [2.75, 3.05) is 40.9 Å². The van der Waals surface area contributed by atoms with E-state index in [1.165, 1.54) is 13.0 Å². The molecule has 2 rings (SSSR count). The topological polar surface area (TPSA) is 75.3 Å². The van der Waals surface area contributed by atoms with Crippen molar-refractivity contribution >= 4 is 23.6 Å². The number of anilines is 1. The van der Waals surface area contributed by atoms with Gasteiger partial charge in [-0.25, -0.2) is 0 Å². The molecule has 0 atom stereocenters. The molecule has 0 fully saturated rings. The predicted octanol–water partition coefficient (Wildman–Crippen LogP) is 4.41. The number of hydrogen-bond acceptors (Lipinski definition) is 7. The van der Waals surface area contributed by atoms with Gasteiger partial charge in [0.05, 0.1) is 41.2 Å². The standard InChI is InChI=1S/C23H27NO6/c1-15(25)9-10-24-18-11-16(12-19(26-2)22(18)29-5)7-8-17-13-20(27-3)23(30-6)21(14-17)28-4/h7-14,24H,1-6H3/b8-7-,10-9-. The molecule has 0 aliphatic heterocycles. The summed E-state index contributed by atoms with van der Waals surface area (Å²) in [5.74, 6) is 2.71. The molecule has 2 aromatic carbocycles. The minimum absolute atomic E-state index is 0.0631. The lowest BCUT2D eigenvalue weighted by molar-refractivity contribution is -0.112. The molecule has 1 N–H and O–H groups in total. The van der Waals surface area contributed by atoms with Gasteiger partial charge in [0.2, 0.25) is 5.75 Å². The minimum Gasteiger partial charge on any atom is -0.493 e. The summed E-state index contributed by atoms with van der Waals surface area (Å²) in [5, 5.41) is 3.06. The summed E-state index contributed by atoms with van der Waals surface area (Å²) >= 11 is 0. The van der Waals surface area contributed by atoms with E-state index in [0.29, 0.717) is 34.4 Å². The van der Waals surface area contributed by atoms with Crippen LogP contribution in [0.15, 0.2) is 36.5 Å². The second-order valence-electron chi connectivity index (χ2n) is 6.18. The van der Waals surface area contributed by atoms with Crippen molar-refractivity contribution in [3.05, 3.63) is 47.7 Å². The van der Waals surface area contributed by atoms with Crippen LogP contribution in [0, 0.1) is 0 Å². The van der Waals surface area contributed by atoms with Gasteiger partial charge in [-0.3, -0.25) is 4.79 Å². The Bertz CT molecular complexity index is 924. The smallest absolute Gasteiger partial charge is 0.203 e. The molecule has 0 heterocycles. The molecule has 0 aliphatic rings. The Balaban J connectivity index is 2.44. The molecule has 30 heavy (non-hydrogen) atoms. The SMILES string of the molecule is COc1cc(/C=C\c2cc(OC)c(OC)c(OC)c2)cc(N/C=C\C(C)=O)c1OC. The van der Waals surface area contributed by atoms with E-state index in [0.717, 1.165) is 11.1 Å². The summed E-state index contributed by atoms with van der Waals surface area (Å²) in [6.07, 6.45) is 6.83. The normalized spacial score (nSPS) is 10.9. The number of carbonyl (C=O) groups is 1. The first-order valence-electron chi connectivity index (χ1n) is 9.15. The Hall–Kier alpha value is -3.61. The first kappa shape index (κ1) is 22.7. The number of nitrogens with one attached hydrogen (secondary N) is 1. The zero-order valence-corrected chi connectivity index (χ0v) is 18.1. The van der Waals surface area contributed by atoms with Crippen molar-refractivity contribution in [3.63, 3.8) is 0 Å². The molecule has 0 saturated carbocycles. The van der Waals surface area contributed by atoms with Gasteiger partial charge in [0.1, 0.15) is 0 Å². The lowest BCUT2D eigenvalue weighted by Gasteiger charge is -2.14. The van der Waals surface area contributed by atoms with Gasteiger partial charge in [-0.05, 0) is 48.4 Å². The zero-order chi connectivity index (χ0) is 22.1. The van der Waals surface area contributed by atoms with Crippen molar-refractivity contribution in [2.24, 2.45) is 0 Å². The number of carbonyl (C=O) groups excluding carboxylic acids is 1. The number of methoxy groups -OCH3 is 5. The Morgan fingerprint density at radius 2 is 1.20 bits per heavy atom. The highest BCUT2D eigenvalue weighted by atomic mass is 16.5. The molecule has 0 saturated heterocycles. The summed E-state index contributed by atoms with van der Waals surface area (Å²) in [7, 11) is 7.84. The predicted molar refractivity (Wildman–Crippen MR) is 118 cm³/mol. The van der Waals surface area contributed by atoms with Gasteiger partial charge < -0.3 is 29.0 Å². The van der Waals surface area contributed by atoms with Gasteiger partial charge in [0, 0.05) is 6.20 Å². The fourth-order valence-electron chi connectivity index (χ4n) is 2.83. The average molecular weight is 413 g/mol. The molecule has 0 aromatic heterocycles. The minimum atomic E-state index is -0.0631. The zero-order valence-electron chi connectivity index (χ0n) is 18.1. The highest BCUT2D eigenvalue weighted by Crippen LogP contribution is 2.39. The van der Waals surface area contributed by atoms with E-state index in [-0.39, 0.29) is 5.78 Å². The van der Waals surface area contributed by atoms with Crippen LogP contribution < -0.4 is 29.0 Å². The van der Waals surface area contributed by atoms with Crippen molar-refractivity contribution in [1.82, 2.24) is 0 Å². The Morgan fingerprint density at radius 1 is 0.733 bits per heavy atom. The van der Waals surface area contributed by atoms with Gasteiger partial charge in [0.25, 0.3) is 0 Å². The molecule has 0 bridgehead atoms. The maximum absolute atomic E-state index is 11.2. The van der Waals surface area contributed by atoms with E-state index >= 15 is 0 Å². The van der Waals surface area contributed by atoms with Gasteiger partial charge in [-0.15, -0.1) is 0 Å². The summed E-state index contributed by atoms with van der Waals surface area (Å²) in [5.41, 5.74) is 2.39. The molecule has 0 aliphatic carbocycles. The first-order chi connectivity index (χ1) is 14.5. The highest BCUT2D eigenvalue weighted by Gasteiger charge is 2.13. The molecule has 0 unspecified atom stereocenters. The Morgan fingerprint density at radius 3 is 1.63 bits per heavy atom. The maximum atomic E-state index is 11.2. The van der Waals surface area contributed by atoms with Gasteiger partial charge in [-0.2, -0.15) is 0 Å². The monoisotopic (exact) mass is 413 g/mol. The second-order valence-corrected chi connectivity index (χ2v) is 6.18. The summed E-state index contributed by atoms with van der Waals surface area (Å²) in [6.45, 7) is 1.48. The molecule has 160 valence electrons. The van der Waals surface area contributed by atoms with E-state index < -0.39 is 0 Å². The lowest BCUT2D eigenvalue weighted by atomic mass is 10.1. The molecule has 2 aromatic rings. The van der Waals surface area contributed by atoms with Crippen LogP contribution in [0.5, 0.6) is 28.7 Å². The van der Waals surface area contributed by atoms with Crippen LogP contribution in [-0.2, 0) is 4.79 Å². The van der Waals surface area contributed by atoms with E-state index in [4.69, 9.17) is 23.7 Å². The van der Waals surface area contributed by atoms with E-state index in [1.54, 1.807) is 41.7 Å². The third-order valence-electron chi connectivity index (χ3n) is 4.21. The molecule has 0 amide bonds. The van der Waals surface area contributed by atoms with Crippen LogP contribution >= 0.6 is 0 Å². The lowest BCUT2D eigenvalue weighted by Crippen LogP contribution is -1.98. The van der Waals surface area contributed by atoms with Crippen molar-refractivity contribution < 1.29 is 28.5 Å². The van der Waals surface area contributed by atoms with Crippen LogP contribution in [0.3, 0.4) is 0 Å². The molecule has 7 heteroatoms. The number of rotatable bonds is 10. The Labute approximate surface area is 176 Å². The molecule has 7 nitrogen and oxygen atoms in total. The van der Waals surface area contributed by atoms with Crippen LogP contribution in [0.1, 0.15) is 18.1 Å². The molecule has 0 radical (unpaired) electrons. The second kappa shape index (κ2) is 10.8. The van der Waals surface area contributed by atoms with E-state index in [9.17, 15) is 4.79 Å². The van der Waals surface area contributed by atoms with Crippen LogP contribution in [0.25, 0.3) is 12.2 Å². The van der Waals surface area contributed by atoms with E-state index in [1.807, 2.05) is 36.4 Å². The fraction of sp³-hybridized carbons (Fsp3) is 0.261. The van der Waals surface area contributed by atoms with Gasteiger partial charge >= 0.3 is 0 Å². The largest absolute Gasteiger partial charge is 0.493 e. The number of hydrogen-bond donors (Lipinski definition) is 1. The van der Waals surface area contributed by atoms with Crippen molar-refractivity contribution in [1.29, 1.82) is 0 Å². The molecule has 0 spiro atoms. The average Bonchev–Trinajstić information content (AvgIpc) is 2.75. The third-order valence-corrected chi connectivity index (χ3v) is 4.21. The number of allylic oxidation sites excluding steroid dienone is 1. The van der Waals surface area contributed by atoms with Crippen LogP contribution in [-0.4, -0.2) is 41.3 Å². The summed E-state index contributed by atoms with van der Waals surface area (Å²) in [6, 6.07) is 7.45. The summed E-state index contributed by atoms with van der Waals surface area (Å²) < 4.78 is 27.1. The third kappa shape index (κ3) is 5.47. The van der Waals surface area contributed by atoms with Crippen molar-refractivity contribution in [2.45, 2.75) is 6.92 Å². The van der Waals surface area contributed by atoms with E-state index in [2.05, 4.69) is 5.32 Å². The van der Waals surface area contributed by atoms with Crippen LogP contribution in [0.4, 0.5) is 5.69 Å². The number of benzene rings is 2. The Kier molecular flexibility index (Phi) is 8.17. The highest BCUT2D eigenvalue weighted by molar-refractivity contribution is 5.87. The number of ether oxygens (including phenoxy) is 5. The van der Waals surface area contributed by atoms with Gasteiger partial charge in [-0.1, -0.05) is 12.2 Å². The number of ketones is 1. The van der Waals surface area contributed by atoms with Crippen molar-refractivity contribution in [3.8, 4) is 28.7 Å². The summed E-state index contributed by atoms with van der Waals surface area (Å²) in [4.78, 5) is 11.2. The van der Waals surface area contributed by atoms with Gasteiger partial charge in [0.15, 0.2) is 28.8 Å².